The Hall–Kier alpha value is 0.0387. The van der Waals surface area contributed by atoms with Crippen molar-refractivity contribution in [3.8, 4) is 0 Å². The van der Waals surface area contributed by atoms with Crippen molar-refractivity contribution in [3.05, 3.63) is 12.7 Å². The molecule has 2 aliphatic rings. The van der Waals surface area contributed by atoms with E-state index in [1.165, 1.54) is 0 Å². The van der Waals surface area contributed by atoms with Gasteiger partial charge in [0.1, 0.15) is 25.7 Å². The SMILES string of the molecule is BC1OC2CO[Si](C(C)C)(C(C)C)O[Si](C(C)C)(C(C)C)O[C@H]2[C@]1(O)CC=C. The molecule has 5 nitrogen and oxygen atoms in total. The van der Waals surface area contributed by atoms with Gasteiger partial charge in [-0.1, -0.05) is 61.5 Å². The van der Waals surface area contributed by atoms with Crippen molar-refractivity contribution < 1.29 is 22.8 Å². The number of hydrogen-bond donors (Lipinski definition) is 1. The Morgan fingerprint density at radius 3 is 1.96 bits per heavy atom. The quantitative estimate of drug-likeness (QED) is 0.517. The minimum absolute atomic E-state index is 0.225. The summed E-state index contributed by atoms with van der Waals surface area (Å²) in [6.07, 6.45) is 1.41. The van der Waals surface area contributed by atoms with Crippen LogP contribution in [-0.2, 0) is 17.7 Å². The monoisotopic (exact) mass is 428 g/mol. The molecule has 28 heavy (non-hydrogen) atoms. The van der Waals surface area contributed by atoms with Crippen LogP contribution in [0.15, 0.2) is 12.7 Å². The van der Waals surface area contributed by atoms with Gasteiger partial charge in [0.25, 0.3) is 0 Å². The van der Waals surface area contributed by atoms with Gasteiger partial charge in [-0.3, -0.25) is 0 Å². The normalized spacial score (nSPS) is 35.2. The van der Waals surface area contributed by atoms with Crippen LogP contribution >= 0.6 is 0 Å². The summed E-state index contributed by atoms with van der Waals surface area (Å²) in [7, 11) is -3.41. The van der Waals surface area contributed by atoms with E-state index in [0.29, 0.717) is 24.1 Å². The van der Waals surface area contributed by atoms with Gasteiger partial charge in [0.15, 0.2) is 0 Å². The molecule has 0 radical (unpaired) electrons. The van der Waals surface area contributed by atoms with E-state index in [4.69, 9.17) is 17.7 Å². The van der Waals surface area contributed by atoms with Crippen LogP contribution in [-0.4, -0.2) is 60.5 Å². The Morgan fingerprint density at radius 2 is 1.54 bits per heavy atom. The molecule has 2 unspecified atom stereocenters. The molecule has 0 aromatic carbocycles. The Balaban J connectivity index is 2.61. The molecule has 2 fully saturated rings. The lowest BCUT2D eigenvalue weighted by Gasteiger charge is -2.52. The summed E-state index contributed by atoms with van der Waals surface area (Å²) in [4.78, 5) is 0. The fraction of sp³-hybridized carbons (Fsp3) is 0.900. The molecule has 0 amide bonds. The molecule has 1 N–H and O–H groups in total. The van der Waals surface area contributed by atoms with Crippen LogP contribution in [0.3, 0.4) is 0 Å². The maximum absolute atomic E-state index is 11.5. The fourth-order valence-electron chi connectivity index (χ4n) is 4.95. The summed E-state index contributed by atoms with van der Waals surface area (Å²) in [5.74, 6) is 0. The van der Waals surface area contributed by atoms with Gasteiger partial charge in [-0.25, -0.2) is 0 Å². The molecule has 0 saturated carbocycles. The van der Waals surface area contributed by atoms with Crippen molar-refractivity contribution in [1.29, 1.82) is 0 Å². The first-order valence-corrected chi connectivity index (χ1v) is 14.8. The first kappa shape index (κ1) is 24.3. The molecule has 2 aliphatic heterocycles. The average Bonchev–Trinajstić information content (AvgIpc) is 2.78. The zero-order valence-electron chi connectivity index (χ0n) is 19.3. The van der Waals surface area contributed by atoms with Gasteiger partial charge in [-0.05, 0) is 28.6 Å². The number of hydrogen-bond acceptors (Lipinski definition) is 5. The van der Waals surface area contributed by atoms with Crippen LogP contribution in [0.5, 0.6) is 0 Å². The van der Waals surface area contributed by atoms with E-state index in [-0.39, 0.29) is 23.2 Å². The largest absolute Gasteiger partial charge is 0.414 e. The molecular weight excluding hydrogens is 387 g/mol. The zero-order chi connectivity index (χ0) is 21.5. The summed E-state index contributed by atoms with van der Waals surface area (Å²) in [6, 6.07) is -0.345. The molecule has 0 aromatic heterocycles. The van der Waals surface area contributed by atoms with Gasteiger partial charge in [-0.15, -0.1) is 6.58 Å². The van der Waals surface area contributed by atoms with E-state index >= 15 is 0 Å². The van der Waals surface area contributed by atoms with E-state index in [1.807, 2.05) is 7.85 Å². The smallest absolute Gasteiger partial charge is 0.335 e. The minimum atomic E-state index is -2.75. The van der Waals surface area contributed by atoms with Crippen molar-refractivity contribution in [2.24, 2.45) is 0 Å². The lowest BCUT2D eigenvalue weighted by molar-refractivity contribution is -0.0673. The second kappa shape index (κ2) is 8.65. The highest BCUT2D eigenvalue weighted by Gasteiger charge is 2.64. The van der Waals surface area contributed by atoms with Crippen molar-refractivity contribution >= 4 is 25.0 Å². The topological polar surface area (TPSA) is 57.2 Å². The van der Waals surface area contributed by atoms with Crippen molar-refractivity contribution in [2.75, 3.05) is 6.61 Å². The molecule has 0 aliphatic carbocycles. The summed E-state index contributed by atoms with van der Waals surface area (Å²) in [6.45, 7) is 21.8. The van der Waals surface area contributed by atoms with Crippen LogP contribution in [0.2, 0.25) is 22.2 Å². The van der Waals surface area contributed by atoms with Crippen LogP contribution in [0, 0.1) is 0 Å². The van der Waals surface area contributed by atoms with Gasteiger partial charge in [0, 0.05) is 0 Å². The average molecular weight is 429 g/mol. The molecule has 0 aromatic rings. The third kappa shape index (κ3) is 3.86. The van der Waals surface area contributed by atoms with Gasteiger partial charge in [0.05, 0.1) is 12.6 Å². The maximum atomic E-state index is 11.5. The summed E-state index contributed by atoms with van der Waals surface area (Å²) in [5.41, 5.74) is -0.0738. The molecule has 2 rings (SSSR count). The van der Waals surface area contributed by atoms with Crippen LogP contribution in [0.4, 0.5) is 0 Å². The van der Waals surface area contributed by atoms with Crippen molar-refractivity contribution in [3.63, 3.8) is 0 Å². The lowest BCUT2D eigenvalue weighted by Crippen LogP contribution is -2.67. The van der Waals surface area contributed by atoms with E-state index in [1.54, 1.807) is 6.08 Å². The van der Waals surface area contributed by atoms with Gasteiger partial charge >= 0.3 is 17.1 Å². The number of rotatable bonds is 6. The van der Waals surface area contributed by atoms with E-state index in [2.05, 4.69) is 62.0 Å². The highest BCUT2D eigenvalue weighted by molar-refractivity contribution is 6.84. The molecule has 0 spiro atoms. The van der Waals surface area contributed by atoms with E-state index in [0.717, 1.165) is 0 Å². The third-order valence-corrected chi connectivity index (χ3v) is 16.9. The Kier molecular flexibility index (Phi) is 7.51. The first-order chi connectivity index (χ1) is 12.9. The van der Waals surface area contributed by atoms with E-state index in [9.17, 15) is 5.11 Å². The lowest BCUT2D eigenvalue weighted by atomic mass is 9.78. The predicted octanol–water partition coefficient (Wildman–Crippen LogP) is 3.61. The second-order valence-corrected chi connectivity index (χ2v) is 18.7. The van der Waals surface area contributed by atoms with E-state index < -0.39 is 28.8 Å². The van der Waals surface area contributed by atoms with Gasteiger partial charge in [0.2, 0.25) is 0 Å². The Morgan fingerprint density at radius 1 is 1.04 bits per heavy atom. The second-order valence-electron chi connectivity index (χ2n) is 9.81. The van der Waals surface area contributed by atoms with Crippen LogP contribution in [0.1, 0.15) is 61.8 Å². The molecule has 8 heteroatoms. The molecule has 4 atom stereocenters. The van der Waals surface area contributed by atoms with Crippen LogP contribution in [0.25, 0.3) is 0 Å². The predicted molar refractivity (Wildman–Crippen MR) is 121 cm³/mol. The maximum Gasteiger partial charge on any atom is 0.335 e. The molecule has 0 bridgehead atoms. The highest BCUT2D eigenvalue weighted by Crippen LogP contribution is 2.49. The summed E-state index contributed by atoms with van der Waals surface area (Å²) >= 11 is 0. The molecular formula is C20H41BO5Si2. The zero-order valence-corrected chi connectivity index (χ0v) is 21.3. The molecule has 162 valence electrons. The summed E-state index contributed by atoms with van der Waals surface area (Å²) < 4.78 is 27.0. The van der Waals surface area contributed by atoms with Gasteiger partial charge < -0.3 is 22.8 Å². The minimum Gasteiger partial charge on any atom is -0.414 e. The summed E-state index contributed by atoms with van der Waals surface area (Å²) in [5, 5.41) is 11.5. The number of aliphatic hydroxyl groups is 1. The van der Waals surface area contributed by atoms with Gasteiger partial charge in [-0.2, -0.15) is 0 Å². The fourth-order valence-corrected chi connectivity index (χ4v) is 16.2. The van der Waals surface area contributed by atoms with Crippen molar-refractivity contribution in [2.45, 2.75) is 108 Å². The Labute approximate surface area is 175 Å². The Bertz CT molecular complexity index is 541. The number of ether oxygens (including phenoxy) is 1. The molecule has 2 heterocycles. The van der Waals surface area contributed by atoms with Crippen LogP contribution < -0.4 is 0 Å². The molecule has 2 saturated heterocycles. The standard InChI is InChI=1S/C20H41BO5Si2/c1-10-11-20(22)18-17(24-19(20)21)12-23-27(13(2)3,14(4)5)26-28(25-18,15(6)7)16(8)9/h10,13-19,22H,1,11-12,21H2,2-9H3/t17?,18-,19?,20-/m1/s1. The van der Waals surface area contributed by atoms with Crippen molar-refractivity contribution in [1.82, 2.24) is 0 Å². The third-order valence-electron chi connectivity index (χ3n) is 6.71. The highest BCUT2D eigenvalue weighted by atomic mass is 28.5. The first-order valence-electron chi connectivity index (χ1n) is 10.9. The number of fused-ring (bicyclic) bond motifs is 1.